The second kappa shape index (κ2) is 7.99. The molecule has 0 radical (unpaired) electrons. The molecule has 1 saturated heterocycles. The van der Waals surface area contributed by atoms with E-state index in [9.17, 15) is 0 Å². The van der Waals surface area contributed by atoms with Gasteiger partial charge in [0.15, 0.2) is 5.11 Å². The van der Waals surface area contributed by atoms with Gasteiger partial charge in [-0.05, 0) is 75.3 Å². The van der Waals surface area contributed by atoms with Crippen molar-refractivity contribution in [2.75, 3.05) is 6.54 Å². The van der Waals surface area contributed by atoms with Crippen molar-refractivity contribution in [3.05, 3.63) is 82.9 Å². The molecule has 3 aromatic rings. The maximum absolute atomic E-state index is 5.73. The second-order valence-corrected chi connectivity index (χ2v) is 8.20. The largest absolute Gasteiger partial charge is 0.352 e. The van der Waals surface area contributed by atoms with Crippen molar-refractivity contribution in [2.45, 2.75) is 46.2 Å². The summed E-state index contributed by atoms with van der Waals surface area (Å²) in [6.07, 6.45) is 2.90. The molecule has 0 aliphatic carbocycles. The Hall–Kier alpha value is -2.66. The molecule has 4 nitrogen and oxygen atoms in total. The Bertz CT molecular complexity index is 1010. The van der Waals surface area contributed by atoms with Crippen LogP contribution in [-0.4, -0.2) is 26.1 Å². The lowest BCUT2D eigenvalue weighted by Gasteiger charge is -2.27. The number of thiocarbonyl (C=S) groups is 1. The first-order valence-corrected chi connectivity index (χ1v) is 10.7. The number of nitrogens with one attached hydrogen (secondary N) is 1. The van der Waals surface area contributed by atoms with Crippen molar-refractivity contribution in [1.82, 2.24) is 19.8 Å². The van der Waals surface area contributed by atoms with E-state index in [1.807, 2.05) is 18.3 Å². The first-order valence-electron chi connectivity index (χ1n) is 10.2. The van der Waals surface area contributed by atoms with Crippen LogP contribution in [0.2, 0.25) is 0 Å². The molecule has 29 heavy (non-hydrogen) atoms. The third-order valence-corrected chi connectivity index (χ3v) is 6.10. The van der Waals surface area contributed by atoms with Gasteiger partial charge in [0.05, 0.1) is 17.8 Å². The van der Waals surface area contributed by atoms with Crippen molar-refractivity contribution in [3.8, 4) is 5.69 Å². The first-order chi connectivity index (χ1) is 14.0. The standard InChI is InChI=1S/C24H28N4S/c1-5-14-27-23(22(26-24(27)29)21-8-6-7-13-25-21)20-15-17(3)28(18(20)4)19-11-9-16(2)10-12-19/h6-13,15,22-23H,5,14H2,1-4H3,(H,26,29)/t22-,23-/m0/s1. The predicted molar refractivity (Wildman–Crippen MR) is 122 cm³/mol. The van der Waals surface area contributed by atoms with Gasteiger partial charge in [-0.1, -0.05) is 30.7 Å². The van der Waals surface area contributed by atoms with Crippen molar-refractivity contribution >= 4 is 17.3 Å². The molecule has 5 heteroatoms. The van der Waals surface area contributed by atoms with Crippen LogP contribution in [0.5, 0.6) is 0 Å². The molecule has 0 unspecified atom stereocenters. The summed E-state index contributed by atoms with van der Waals surface area (Å²) in [6, 6.07) is 17.3. The molecule has 1 aliphatic heterocycles. The molecular formula is C24H28N4S. The van der Waals surface area contributed by atoms with Gasteiger partial charge in [-0.15, -0.1) is 0 Å². The smallest absolute Gasteiger partial charge is 0.170 e. The Morgan fingerprint density at radius 1 is 1.07 bits per heavy atom. The summed E-state index contributed by atoms with van der Waals surface area (Å²) in [5.74, 6) is 0. The van der Waals surface area contributed by atoms with E-state index in [0.29, 0.717) is 0 Å². The highest BCUT2D eigenvalue weighted by atomic mass is 32.1. The lowest BCUT2D eigenvalue weighted by atomic mass is 9.96. The van der Waals surface area contributed by atoms with Crippen LogP contribution in [0.15, 0.2) is 54.7 Å². The molecule has 0 bridgehead atoms. The third kappa shape index (κ3) is 3.55. The summed E-state index contributed by atoms with van der Waals surface area (Å²) in [5.41, 5.74) is 7.28. The summed E-state index contributed by atoms with van der Waals surface area (Å²) in [4.78, 5) is 6.97. The monoisotopic (exact) mass is 404 g/mol. The van der Waals surface area contributed by atoms with E-state index in [2.05, 4.69) is 83.9 Å². The van der Waals surface area contributed by atoms with Crippen LogP contribution >= 0.6 is 12.2 Å². The van der Waals surface area contributed by atoms with E-state index in [0.717, 1.165) is 23.8 Å². The summed E-state index contributed by atoms with van der Waals surface area (Å²) >= 11 is 5.73. The first kappa shape index (κ1) is 19.6. The van der Waals surface area contributed by atoms with Gasteiger partial charge in [0, 0.05) is 29.8 Å². The molecule has 4 rings (SSSR count). The molecule has 0 saturated carbocycles. The van der Waals surface area contributed by atoms with Gasteiger partial charge < -0.3 is 14.8 Å². The zero-order chi connectivity index (χ0) is 20.5. The van der Waals surface area contributed by atoms with Gasteiger partial charge in [0.25, 0.3) is 0 Å². The highest BCUT2D eigenvalue weighted by Gasteiger charge is 2.40. The number of aryl methyl sites for hydroxylation is 2. The van der Waals surface area contributed by atoms with Gasteiger partial charge in [0.2, 0.25) is 0 Å². The molecule has 0 amide bonds. The third-order valence-electron chi connectivity index (χ3n) is 5.74. The van der Waals surface area contributed by atoms with Crippen LogP contribution in [-0.2, 0) is 0 Å². The minimum Gasteiger partial charge on any atom is -0.352 e. The van der Waals surface area contributed by atoms with Gasteiger partial charge in [-0.2, -0.15) is 0 Å². The highest BCUT2D eigenvalue weighted by Crippen LogP contribution is 2.41. The van der Waals surface area contributed by atoms with Crippen LogP contribution in [0.25, 0.3) is 5.69 Å². The Morgan fingerprint density at radius 3 is 2.48 bits per heavy atom. The number of rotatable bonds is 5. The number of hydrogen-bond donors (Lipinski definition) is 1. The summed E-state index contributed by atoms with van der Waals surface area (Å²) in [5, 5.41) is 4.36. The average molecular weight is 405 g/mol. The predicted octanol–water partition coefficient (Wildman–Crippen LogP) is 5.18. The zero-order valence-electron chi connectivity index (χ0n) is 17.5. The van der Waals surface area contributed by atoms with E-state index < -0.39 is 0 Å². The van der Waals surface area contributed by atoms with E-state index in [-0.39, 0.29) is 12.1 Å². The van der Waals surface area contributed by atoms with Crippen LogP contribution in [0.3, 0.4) is 0 Å². The molecule has 1 aliphatic rings. The fraction of sp³-hybridized carbons (Fsp3) is 0.333. The number of hydrogen-bond acceptors (Lipinski definition) is 2. The van der Waals surface area contributed by atoms with Crippen LogP contribution in [0.4, 0.5) is 0 Å². The maximum atomic E-state index is 5.73. The van der Waals surface area contributed by atoms with Crippen molar-refractivity contribution < 1.29 is 0 Å². The molecular weight excluding hydrogens is 376 g/mol. The molecule has 3 heterocycles. The molecule has 1 N–H and O–H groups in total. The topological polar surface area (TPSA) is 33.1 Å². The summed E-state index contributed by atoms with van der Waals surface area (Å²) in [6.45, 7) is 9.63. The Labute approximate surface area is 178 Å². The Morgan fingerprint density at radius 2 is 1.83 bits per heavy atom. The molecule has 1 fully saturated rings. The summed E-state index contributed by atoms with van der Waals surface area (Å²) < 4.78 is 2.34. The fourth-order valence-corrected chi connectivity index (χ4v) is 4.74. The Kier molecular flexibility index (Phi) is 5.41. The number of pyridine rings is 1. The number of benzene rings is 1. The normalized spacial score (nSPS) is 18.9. The minimum atomic E-state index is 0.0437. The van der Waals surface area contributed by atoms with Crippen molar-refractivity contribution in [3.63, 3.8) is 0 Å². The maximum Gasteiger partial charge on any atom is 0.170 e. The lowest BCUT2D eigenvalue weighted by Crippen LogP contribution is -2.30. The molecule has 150 valence electrons. The Balaban J connectivity index is 1.82. The fourth-order valence-electron chi connectivity index (χ4n) is 4.40. The molecule has 0 spiro atoms. The van der Waals surface area contributed by atoms with E-state index >= 15 is 0 Å². The van der Waals surface area contributed by atoms with Crippen LogP contribution in [0.1, 0.15) is 53.6 Å². The molecule has 2 aromatic heterocycles. The zero-order valence-corrected chi connectivity index (χ0v) is 18.3. The number of aromatic nitrogens is 2. The lowest BCUT2D eigenvalue weighted by molar-refractivity contribution is 0.316. The van der Waals surface area contributed by atoms with E-state index in [1.165, 1.54) is 28.2 Å². The van der Waals surface area contributed by atoms with E-state index in [1.54, 1.807) is 0 Å². The quantitative estimate of drug-likeness (QED) is 0.594. The van der Waals surface area contributed by atoms with Gasteiger partial charge in [-0.25, -0.2) is 0 Å². The SMILES string of the molecule is CCCN1C(=S)N[C@@H](c2ccccn2)[C@@H]1c1cc(C)n(-c2ccc(C)cc2)c1C. The minimum absolute atomic E-state index is 0.0437. The molecule has 1 aromatic carbocycles. The highest BCUT2D eigenvalue weighted by molar-refractivity contribution is 7.80. The average Bonchev–Trinajstić information content (AvgIpc) is 3.20. The van der Waals surface area contributed by atoms with Gasteiger partial charge >= 0.3 is 0 Å². The van der Waals surface area contributed by atoms with Crippen LogP contribution < -0.4 is 5.32 Å². The van der Waals surface area contributed by atoms with Gasteiger partial charge in [-0.3, -0.25) is 4.98 Å². The van der Waals surface area contributed by atoms with Crippen molar-refractivity contribution in [1.29, 1.82) is 0 Å². The summed E-state index contributed by atoms with van der Waals surface area (Å²) in [7, 11) is 0. The van der Waals surface area contributed by atoms with Crippen LogP contribution in [0, 0.1) is 20.8 Å². The van der Waals surface area contributed by atoms with Crippen molar-refractivity contribution in [2.24, 2.45) is 0 Å². The second-order valence-electron chi connectivity index (χ2n) is 7.82. The van der Waals surface area contributed by atoms with E-state index in [4.69, 9.17) is 12.2 Å². The van der Waals surface area contributed by atoms with Gasteiger partial charge in [0.1, 0.15) is 0 Å². The number of nitrogens with zero attached hydrogens (tertiary/aromatic N) is 3. The molecule has 2 atom stereocenters.